The number of esters is 1. The van der Waals surface area contributed by atoms with E-state index in [-0.39, 0.29) is 11.1 Å². The largest absolute Gasteiger partial charge is 0.477 e. The fraction of sp³-hybridized carbons (Fsp3) is 0.176. The predicted octanol–water partition coefficient (Wildman–Crippen LogP) is 0.696. The number of rotatable bonds is 4. The molecule has 1 aromatic rings. The number of hydrogen-bond acceptors (Lipinski definition) is 7. The Balaban J connectivity index is 2.11. The molecule has 28 heavy (non-hydrogen) atoms. The first-order valence-corrected chi connectivity index (χ1v) is 9.86. The quantitative estimate of drug-likeness (QED) is 0.424. The van der Waals surface area contributed by atoms with Crippen molar-refractivity contribution in [1.82, 2.24) is 9.88 Å². The number of halogens is 1. The van der Waals surface area contributed by atoms with Crippen LogP contribution in [0, 0.1) is 0 Å². The maximum Gasteiger partial charge on any atom is 0.352 e. The molecule has 0 spiro atoms. The van der Waals surface area contributed by atoms with Gasteiger partial charge in [-0.1, -0.05) is 17.7 Å². The molecule has 2 aliphatic heterocycles. The van der Waals surface area contributed by atoms with Crippen LogP contribution in [0.2, 0.25) is 0 Å². The molecule has 146 valence electrons. The number of nitrogens with zero attached hydrogens (tertiary/aromatic N) is 2. The minimum Gasteiger partial charge on any atom is -0.477 e. The van der Waals surface area contributed by atoms with Crippen molar-refractivity contribution in [2.75, 3.05) is 12.9 Å². The Morgan fingerprint density at radius 2 is 2.11 bits per heavy atom. The minimum atomic E-state index is -3.99. The zero-order chi connectivity index (χ0) is 20.6. The van der Waals surface area contributed by atoms with Crippen molar-refractivity contribution in [3.63, 3.8) is 0 Å². The summed E-state index contributed by atoms with van der Waals surface area (Å²) in [6.45, 7) is 0. The van der Waals surface area contributed by atoms with Crippen molar-refractivity contribution in [3.05, 3.63) is 58.0 Å². The highest BCUT2D eigenvalue weighted by Crippen LogP contribution is 2.41. The molecule has 0 radical (unpaired) electrons. The molecule has 0 aromatic carbocycles. The standard InChI is InChI=1S/C17H13ClN2O7S/c1-27-17(24)12(18)6-9-8-28(25,26)15-11(7-10-4-2-3-5-19-10)14(21)20(15)13(9)16(22)23/h2-7,15H,8H2,1H3,(H,22,23)/t15-/m0/s1. The molecule has 1 N–H and O–H groups in total. The van der Waals surface area contributed by atoms with Gasteiger partial charge in [-0.3, -0.25) is 14.7 Å². The van der Waals surface area contributed by atoms with Crippen molar-refractivity contribution in [2.45, 2.75) is 5.37 Å². The number of hydrogen-bond donors (Lipinski definition) is 1. The Kier molecular flexibility index (Phi) is 5.09. The van der Waals surface area contributed by atoms with E-state index < -0.39 is 49.5 Å². The van der Waals surface area contributed by atoms with E-state index in [0.717, 1.165) is 13.2 Å². The lowest BCUT2D eigenvalue weighted by molar-refractivity contribution is -0.141. The summed E-state index contributed by atoms with van der Waals surface area (Å²) in [6.07, 6.45) is 3.67. The summed E-state index contributed by atoms with van der Waals surface area (Å²) in [5.74, 6) is -3.98. The first kappa shape index (κ1) is 19.8. The highest BCUT2D eigenvalue weighted by molar-refractivity contribution is 7.92. The number of pyridine rings is 1. The number of ether oxygens (including phenoxy) is 1. The van der Waals surface area contributed by atoms with Crippen LogP contribution in [0.1, 0.15) is 5.69 Å². The van der Waals surface area contributed by atoms with Crippen LogP contribution >= 0.6 is 11.6 Å². The van der Waals surface area contributed by atoms with Crippen molar-refractivity contribution in [2.24, 2.45) is 0 Å². The Labute approximate surface area is 164 Å². The SMILES string of the molecule is COC(=O)C(Cl)=CC1=C(C(=O)O)N2C(=O)C(=Cc3ccccn3)[C@@H]2S(=O)(=O)C1. The van der Waals surface area contributed by atoms with E-state index in [1.54, 1.807) is 18.2 Å². The highest BCUT2D eigenvalue weighted by atomic mass is 35.5. The molecule has 1 fully saturated rings. The van der Waals surface area contributed by atoms with Gasteiger partial charge in [0.05, 0.1) is 24.1 Å². The second-order valence-corrected chi connectivity index (χ2v) is 8.32. The number of sulfone groups is 1. The molecular formula is C17H13ClN2O7S. The number of amides is 1. The number of fused-ring (bicyclic) bond motifs is 1. The van der Waals surface area contributed by atoms with Crippen LogP contribution in [0.5, 0.6) is 0 Å². The van der Waals surface area contributed by atoms with Crippen LogP contribution in [-0.2, 0) is 29.0 Å². The summed E-state index contributed by atoms with van der Waals surface area (Å²) in [6, 6.07) is 4.90. The monoisotopic (exact) mass is 424 g/mol. The molecule has 0 bridgehead atoms. The molecular weight excluding hydrogens is 412 g/mol. The predicted molar refractivity (Wildman–Crippen MR) is 97.2 cm³/mol. The van der Waals surface area contributed by atoms with Gasteiger partial charge in [0.15, 0.2) is 15.2 Å². The average molecular weight is 425 g/mol. The number of carbonyl (C=O) groups excluding carboxylic acids is 2. The lowest BCUT2D eigenvalue weighted by Crippen LogP contribution is -2.62. The molecule has 1 saturated heterocycles. The Hall–Kier alpha value is -2.98. The van der Waals surface area contributed by atoms with Gasteiger partial charge < -0.3 is 9.84 Å². The van der Waals surface area contributed by atoms with Crippen LogP contribution in [0.25, 0.3) is 6.08 Å². The second kappa shape index (κ2) is 7.21. The number of methoxy groups -OCH3 is 1. The van der Waals surface area contributed by atoms with Crippen LogP contribution in [-0.4, -0.2) is 59.5 Å². The molecule has 9 nitrogen and oxygen atoms in total. The van der Waals surface area contributed by atoms with Gasteiger partial charge in [0.25, 0.3) is 5.91 Å². The van der Waals surface area contributed by atoms with Gasteiger partial charge in [-0.2, -0.15) is 0 Å². The van der Waals surface area contributed by atoms with Crippen LogP contribution in [0.4, 0.5) is 0 Å². The fourth-order valence-corrected chi connectivity index (χ4v) is 5.03. The zero-order valence-electron chi connectivity index (χ0n) is 14.3. The lowest BCUT2D eigenvalue weighted by Gasteiger charge is -2.45. The molecule has 1 atom stereocenters. The number of β-lactam (4-membered cyclic amide) rings is 1. The molecule has 1 aromatic heterocycles. The van der Waals surface area contributed by atoms with E-state index in [9.17, 15) is 27.9 Å². The van der Waals surface area contributed by atoms with Gasteiger partial charge in [-0.25, -0.2) is 18.0 Å². The smallest absolute Gasteiger partial charge is 0.352 e. The third kappa shape index (κ3) is 3.32. The Morgan fingerprint density at radius 1 is 1.39 bits per heavy atom. The van der Waals surface area contributed by atoms with Gasteiger partial charge in [-0.15, -0.1) is 0 Å². The summed E-state index contributed by atoms with van der Waals surface area (Å²) in [5.41, 5.74) is -0.560. The van der Waals surface area contributed by atoms with Gasteiger partial charge in [0.2, 0.25) is 0 Å². The van der Waals surface area contributed by atoms with E-state index in [1.165, 1.54) is 12.3 Å². The second-order valence-electron chi connectivity index (χ2n) is 5.85. The topological polar surface area (TPSA) is 131 Å². The molecule has 11 heteroatoms. The van der Waals surface area contributed by atoms with Gasteiger partial charge >= 0.3 is 11.9 Å². The average Bonchev–Trinajstić information content (AvgIpc) is 2.65. The van der Waals surface area contributed by atoms with Crippen LogP contribution < -0.4 is 0 Å². The minimum absolute atomic E-state index is 0.0838. The normalized spacial score (nSPS) is 22.6. The number of aromatic nitrogens is 1. The number of carbonyl (C=O) groups is 3. The summed E-state index contributed by atoms with van der Waals surface area (Å²) >= 11 is 5.74. The summed E-state index contributed by atoms with van der Waals surface area (Å²) in [4.78, 5) is 40.4. The zero-order valence-corrected chi connectivity index (χ0v) is 15.9. The van der Waals surface area contributed by atoms with Crippen molar-refractivity contribution in [1.29, 1.82) is 0 Å². The molecule has 3 rings (SSSR count). The number of carboxylic acid groups (broad SMARTS) is 1. The summed E-state index contributed by atoms with van der Waals surface area (Å²) in [5, 5.41) is 7.58. The van der Waals surface area contributed by atoms with Gasteiger partial charge in [0, 0.05) is 11.8 Å². The summed E-state index contributed by atoms with van der Waals surface area (Å²) in [7, 11) is -2.93. The van der Waals surface area contributed by atoms with Gasteiger partial charge in [-0.05, 0) is 24.3 Å². The third-order valence-electron chi connectivity index (χ3n) is 4.08. The molecule has 2 aliphatic rings. The molecule has 0 saturated carbocycles. The van der Waals surface area contributed by atoms with Crippen LogP contribution in [0.3, 0.4) is 0 Å². The molecule has 0 aliphatic carbocycles. The molecule has 0 unspecified atom stereocenters. The number of allylic oxidation sites excluding steroid dienone is 1. The number of aliphatic carboxylic acids is 1. The number of carboxylic acids is 1. The maximum atomic E-state index is 12.7. The Bertz CT molecular complexity index is 1070. The first-order chi connectivity index (χ1) is 13.2. The van der Waals surface area contributed by atoms with E-state index in [1.807, 2.05) is 0 Å². The van der Waals surface area contributed by atoms with Gasteiger partial charge in [0.1, 0.15) is 10.7 Å². The third-order valence-corrected chi connectivity index (χ3v) is 6.21. The van der Waals surface area contributed by atoms with Crippen molar-refractivity contribution < 1.29 is 32.6 Å². The molecule has 3 heterocycles. The Morgan fingerprint density at radius 3 is 2.68 bits per heavy atom. The van der Waals surface area contributed by atoms with E-state index in [4.69, 9.17) is 11.6 Å². The van der Waals surface area contributed by atoms with E-state index in [0.29, 0.717) is 10.6 Å². The first-order valence-electron chi connectivity index (χ1n) is 7.77. The fourth-order valence-electron chi connectivity index (χ4n) is 2.93. The highest BCUT2D eigenvalue weighted by Gasteiger charge is 2.56. The van der Waals surface area contributed by atoms with Crippen LogP contribution in [0.15, 0.2) is 52.3 Å². The molecule has 1 amide bonds. The maximum absolute atomic E-state index is 12.7. The summed E-state index contributed by atoms with van der Waals surface area (Å²) < 4.78 is 29.8. The van der Waals surface area contributed by atoms with Crippen molar-refractivity contribution >= 4 is 45.4 Å². The lowest BCUT2D eigenvalue weighted by atomic mass is 10.0. The van der Waals surface area contributed by atoms with E-state index in [2.05, 4.69) is 9.72 Å². The van der Waals surface area contributed by atoms with Crippen molar-refractivity contribution in [3.8, 4) is 0 Å². The van der Waals surface area contributed by atoms with E-state index >= 15 is 0 Å².